The molecule has 0 aliphatic rings. The van der Waals surface area contributed by atoms with E-state index in [4.69, 9.17) is 11.2 Å². The van der Waals surface area contributed by atoms with Gasteiger partial charge in [-0.3, -0.25) is 0 Å². The van der Waals surface area contributed by atoms with Crippen LogP contribution < -0.4 is 15.6 Å². The van der Waals surface area contributed by atoms with E-state index in [1.54, 1.807) is 0 Å². The van der Waals surface area contributed by atoms with Gasteiger partial charge in [0, 0.05) is 12.2 Å². The van der Waals surface area contributed by atoms with Gasteiger partial charge in [-0.05, 0) is 35.7 Å². The normalized spacial score (nSPS) is 9.77. The van der Waals surface area contributed by atoms with Crippen LogP contribution in [0.2, 0.25) is 0 Å². The van der Waals surface area contributed by atoms with Crippen LogP contribution in [0.1, 0.15) is 11.1 Å². The summed E-state index contributed by atoms with van der Waals surface area (Å²) in [4.78, 5) is 0. The largest absolute Gasteiger partial charge is 0.481 e. The minimum absolute atomic E-state index is 0.275. The molecule has 0 heterocycles. The third-order valence-corrected chi connectivity index (χ3v) is 3.10. The molecule has 0 fully saturated rings. The zero-order valence-corrected chi connectivity index (χ0v) is 12.5. The molecule has 112 valence electrons. The number of terminal acetylenes is 1. The second kappa shape index (κ2) is 8.56. The molecule has 0 aromatic heterocycles. The van der Waals surface area contributed by atoms with E-state index >= 15 is 0 Å². The number of hydrogen-bond donors (Lipinski definition) is 2. The first-order valence-corrected chi connectivity index (χ1v) is 7.16. The van der Waals surface area contributed by atoms with E-state index in [2.05, 4.69) is 29.4 Å². The van der Waals surface area contributed by atoms with E-state index in [-0.39, 0.29) is 6.61 Å². The second-order valence-corrected chi connectivity index (χ2v) is 4.77. The van der Waals surface area contributed by atoms with Gasteiger partial charge >= 0.3 is 0 Å². The van der Waals surface area contributed by atoms with Crippen molar-refractivity contribution < 1.29 is 4.74 Å². The first-order chi connectivity index (χ1) is 10.8. The highest BCUT2D eigenvalue weighted by atomic mass is 16.5. The summed E-state index contributed by atoms with van der Waals surface area (Å²) in [6.45, 7) is 4.76. The molecule has 3 nitrogen and oxygen atoms in total. The van der Waals surface area contributed by atoms with Crippen LogP contribution in [0.4, 0.5) is 5.69 Å². The highest BCUT2D eigenvalue weighted by Gasteiger charge is 2.04. The number of allylic oxidation sites excluding steroid dienone is 1. The number of hydrogen-bond acceptors (Lipinski definition) is 3. The number of benzene rings is 2. The van der Waals surface area contributed by atoms with Gasteiger partial charge in [-0.2, -0.15) is 0 Å². The molecule has 3 heteroatoms. The van der Waals surface area contributed by atoms with Crippen molar-refractivity contribution in [2.45, 2.75) is 13.0 Å². The van der Waals surface area contributed by atoms with Gasteiger partial charge in [-0.25, -0.2) is 5.43 Å². The van der Waals surface area contributed by atoms with E-state index in [1.165, 1.54) is 0 Å². The minimum Gasteiger partial charge on any atom is -0.481 e. The molecule has 0 aliphatic heterocycles. The molecule has 2 rings (SSSR count). The van der Waals surface area contributed by atoms with Crippen LogP contribution in [0.25, 0.3) is 0 Å². The molecule has 0 saturated carbocycles. The first kappa shape index (κ1) is 15.7. The lowest BCUT2D eigenvalue weighted by molar-refractivity contribution is 0.367. The molecule has 22 heavy (non-hydrogen) atoms. The van der Waals surface area contributed by atoms with Gasteiger partial charge in [0.2, 0.25) is 0 Å². The first-order valence-electron chi connectivity index (χ1n) is 7.16. The van der Waals surface area contributed by atoms with Crippen molar-refractivity contribution in [1.82, 2.24) is 5.43 Å². The molecule has 0 unspecified atom stereocenters. The fraction of sp³-hybridized carbons (Fsp3) is 0.158. The Labute approximate surface area is 132 Å². The zero-order valence-electron chi connectivity index (χ0n) is 12.5. The van der Waals surface area contributed by atoms with Gasteiger partial charge in [-0.15, -0.1) is 13.0 Å². The maximum absolute atomic E-state index is 5.55. The Morgan fingerprint density at radius 3 is 2.73 bits per heavy atom. The SMILES string of the molecule is C#CCOc1ccc(CNNc2ccccc2)cc1CC=C. The number of rotatable bonds is 8. The van der Waals surface area contributed by atoms with Crippen LogP contribution in [0.5, 0.6) is 5.75 Å². The van der Waals surface area contributed by atoms with Gasteiger partial charge in [0.15, 0.2) is 0 Å². The Morgan fingerprint density at radius 1 is 1.18 bits per heavy atom. The van der Waals surface area contributed by atoms with Crippen molar-refractivity contribution in [3.8, 4) is 18.1 Å². The molecule has 0 amide bonds. The number of nitrogens with one attached hydrogen (secondary N) is 2. The van der Waals surface area contributed by atoms with Gasteiger partial charge in [-0.1, -0.05) is 42.3 Å². The summed E-state index contributed by atoms with van der Waals surface area (Å²) < 4.78 is 5.55. The maximum atomic E-state index is 5.55. The Morgan fingerprint density at radius 2 is 2.00 bits per heavy atom. The molecule has 2 aromatic rings. The van der Waals surface area contributed by atoms with Gasteiger partial charge < -0.3 is 10.2 Å². The summed E-state index contributed by atoms with van der Waals surface area (Å²) in [6, 6.07) is 16.1. The molecule has 0 bridgehead atoms. The molecule has 2 aromatic carbocycles. The van der Waals surface area contributed by atoms with Gasteiger partial charge in [0.25, 0.3) is 0 Å². The quantitative estimate of drug-likeness (QED) is 0.443. The minimum atomic E-state index is 0.275. The van der Waals surface area contributed by atoms with E-state index in [1.807, 2.05) is 48.5 Å². The monoisotopic (exact) mass is 292 g/mol. The topological polar surface area (TPSA) is 33.3 Å². The van der Waals surface area contributed by atoms with E-state index in [9.17, 15) is 0 Å². The van der Waals surface area contributed by atoms with Crippen molar-refractivity contribution in [3.63, 3.8) is 0 Å². The van der Waals surface area contributed by atoms with Gasteiger partial charge in [0.05, 0.1) is 0 Å². The summed E-state index contributed by atoms with van der Waals surface area (Å²) in [5.74, 6) is 3.30. The summed E-state index contributed by atoms with van der Waals surface area (Å²) in [6.07, 6.45) is 7.85. The smallest absolute Gasteiger partial charge is 0.148 e. The fourth-order valence-electron chi connectivity index (χ4n) is 2.09. The van der Waals surface area contributed by atoms with Crippen molar-refractivity contribution >= 4 is 5.69 Å². The second-order valence-electron chi connectivity index (χ2n) is 4.77. The number of anilines is 1. The van der Waals surface area contributed by atoms with Crippen molar-refractivity contribution in [1.29, 1.82) is 0 Å². The molecule has 0 spiro atoms. The highest BCUT2D eigenvalue weighted by molar-refractivity contribution is 5.42. The van der Waals surface area contributed by atoms with Crippen molar-refractivity contribution in [3.05, 3.63) is 72.3 Å². The van der Waals surface area contributed by atoms with Crippen LogP contribution in [0.3, 0.4) is 0 Å². The predicted octanol–water partition coefficient (Wildman–Crippen LogP) is 3.54. The maximum Gasteiger partial charge on any atom is 0.148 e. The van der Waals surface area contributed by atoms with Crippen molar-refractivity contribution in [2.24, 2.45) is 0 Å². The van der Waals surface area contributed by atoms with E-state index in [0.717, 1.165) is 29.0 Å². The molecule has 0 radical (unpaired) electrons. The third kappa shape index (κ3) is 4.69. The predicted molar refractivity (Wildman–Crippen MR) is 91.6 cm³/mol. The summed E-state index contributed by atoms with van der Waals surface area (Å²) >= 11 is 0. The van der Waals surface area contributed by atoms with Crippen molar-refractivity contribution in [2.75, 3.05) is 12.0 Å². The average molecular weight is 292 g/mol. The van der Waals surface area contributed by atoms with Crippen LogP contribution in [0.15, 0.2) is 61.2 Å². The molecule has 0 aliphatic carbocycles. The Hall–Kier alpha value is -2.70. The van der Waals surface area contributed by atoms with Gasteiger partial charge in [0.1, 0.15) is 12.4 Å². The lowest BCUT2D eigenvalue weighted by Crippen LogP contribution is -2.20. The lowest BCUT2D eigenvalue weighted by Gasteiger charge is -2.12. The van der Waals surface area contributed by atoms with Crippen LogP contribution in [0, 0.1) is 12.3 Å². The zero-order chi connectivity index (χ0) is 15.6. The van der Waals surface area contributed by atoms with E-state index < -0.39 is 0 Å². The fourth-order valence-corrected chi connectivity index (χ4v) is 2.09. The molecule has 2 N–H and O–H groups in total. The number of hydrazine groups is 1. The summed E-state index contributed by atoms with van der Waals surface area (Å²) in [5.41, 5.74) is 9.64. The highest BCUT2D eigenvalue weighted by Crippen LogP contribution is 2.21. The Kier molecular flexibility index (Phi) is 6.10. The standard InChI is InChI=1S/C19H20N2O/c1-3-8-17-14-16(11-12-19(17)22-13-4-2)15-20-21-18-9-6-5-7-10-18/h2-3,5-7,9-12,14,20-21H,1,8,13,15H2. The number of ether oxygens (including phenoxy) is 1. The summed E-state index contributed by atoms with van der Waals surface area (Å²) in [7, 11) is 0. The van der Waals surface area contributed by atoms with E-state index in [0.29, 0.717) is 6.54 Å². The Balaban J connectivity index is 1.97. The third-order valence-electron chi connectivity index (χ3n) is 3.10. The van der Waals surface area contributed by atoms with Crippen LogP contribution >= 0.6 is 0 Å². The summed E-state index contributed by atoms with van der Waals surface area (Å²) in [5, 5.41) is 0. The molecule has 0 atom stereocenters. The van der Waals surface area contributed by atoms with Crippen LogP contribution in [-0.4, -0.2) is 6.61 Å². The molecular formula is C19H20N2O. The lowest BCUT2D eigenvalue weighted by atomic mass is 10.1. The average Bonchev–Trinajstić information content (AvgIpc) is 2.55. The molecular weight excluding hydrogens is 272 g/mol. The Bertz CT molecular complexity index is 644. The van der Waals surface area contributed by atoms with Crippen LogP contribution in [-0.2, 0) is 13.0 Å². The molecule has 0 saturated heterocycles. The number of para-hydroxylation sites is 1.